The Bertz CT molecular complexity index is 411. The third-order valence-corrected chi connectivity index (χ3v) is 2.55. The summed E-state index contributed by atoms with van der Waals surface area (Å²) in [5, 5.41) is 0. The molecule has 3 nitrogen and oxygen atoms in total. The average Bonchev–Trinajstić information content (AvgIpc) is 2.71. The van der Waals surface area contributed by atoms with Crippen LogP contribution in [0.4, 0.5) is 5.82 Å². The topological polar surface area (TPSA) is 29.3 Å². The average molecular weight is 267 g/mol. The molecule has 0 aliphatic rings. The maximum absolute atomic E-state index is 5.27. The second kappa shape index (κ2) is 4.49. The Morgan fingerprint density at radius 1 is 1.40 bits per heavy atom. The minimum Gasteiger partial charge on any atom is -0.467 e. The zero-order chi connectivity index (χ0) is 10.7. The lowest BCUT2D eigenvalue weighted by Crippen LogP contribution is -2.16. The van der Waals surface area contributed by atoms with Crippen LogP contribution < -0.4 is 4.90 Å². The summed E-state index contributed by atoms with van der Waals surface area (Å²) in [5.41, 5.74) is 0. The lowest BCUT2D eigenvalue weighted by Gasteiger charge is -2.16. The van der Waals surface area contributed by atoms with E-state index < -0.39 is 0 Å². The molecule has 2 aromatic heterocycles. The van der Waals surface area contributed by atoms with Crippen LogP contribution in [0, 0.1) is 0 Å². The van der Waals surface area contributed by atoms with Crippen LogP contribution in [-0.2, 0) is 6.54 Å². The van der Waals surface area contributed by atoms with Gasteiger partial charge in [0.15, 0.2) is 0 Å². The fourth-order valence-electron chi connectivity index (χ4n) is 1.31. The number of aromatic nitrogens is 1. The highest BCUT2D eigenvalue weighted by Gasteiger charge is 2.04. The van der Waals surface area contributed by atoms with Crippen LogP contribution in [0.15, 0.2) is 45.6 Å². The molecule has 78 valence electrons. The van der Waals surface area contributed by atoms with Crippen molar-refractivity contribution in [1.29, 1.82) is 0 Å². The standard InChI is InChI=1S/C11H11BrN2O/c1-14(8-10-3-2-6-15-10)11-5-4-9(12)7-13-11/h2-7H,8H2,1H3. The first-order valence-corrected chi connectivity index (χ1v) is 5.40. The van der Waals surface area contributed by atoms with E-state index in [4.69, 9.17) is 4.42 Å². The number of nitrogens with zero attached hydrogens (tertiary/aromatic N) is 2. The van der Waals surface area contributed by atoms with E-state index in [1.54, 1.807) is 12.5 Å². The molecule has 0 atom stereocenters. The maximum atomic E-state index is 5.27. The van der Waals surface area contributed by atoms with Gasteiger partial charge in [0.1, 0.15) is 11.6 Å². The number of anilines is 1. The number of pyridine rings is 1. The molecule has 0 N–H and O–H groups in total. The molecule has 0 amide bonds. The summed E-state index contributed by atoms with van der Waals surface area (Å²) in [6, 6.07) is 7.78. The van der Waals surface area contributed by atoms with Crippen molar-refractivity contribution in [3.8, 4) is 0 Å². The Morgan fingerprint density at radius 2 is 2.27 bits per heavy atom. The van der Waals surface area contributed by atoms with Crippen molar-refractivity contribution < 1.29 is 4.42 Å². The van der Waals surface area contributed by atoms with Gasteiger partial charge in [0.2, 0.25) is 0 Å². The van der Waals surface area contributed by atoms with Crippen LogP contribution in [0.3, 0.4) is 0 Å². The summed E-state index contributed by atoms with van der Waals surface area (Å²) in [7, 11) is 1.98. The highest BCUT2D eigenvalue weighted by molar-refractivity contribution is 9.10. The van der Waals surface area contributed by atoms with Gasteiger partial charge in [0.05, 0.1) is 12.8 Å². The summed E-state index contributed by atoms with van der Waals surface area (Å²) < 4.78 is 6.25. The summed E-state index contributed by atoms with van der Waals surface area (Å²) in [6.07, 6.45) is 3.46. The van der Waals surface area contributed by atoms with Gasteiger partial charge in [0.25, 0.3) is 0 Å². The highest BCUT2D eigenvalue weighted by Crippen LogP contribution is 2.15. The Kier molecular flexibility index (Phi) is 3.06. The molecule has 0 fully saturated rings. The first kappa shape index (κ1) is 10.2. The fourth-order valence-corrected chi connectivity index (χ4v) is 1.55. The van der Waals surface area contributed by atoms with E-state index in [1.165, 1.54) is 0 Å². The predicted molar refractivity (Wildman–Crippen MR) is 62.8 cm³/mol. The lowest BCUT2D eigenvalue weighted by molar-refractivity contribution is 0.507. The molecule has 0 bridgehead atoms. The van der Waals surface area contributed by atoms with Crippen LogP contribution in [0.25, 0.3) is 0 Å². The molecule has 0 aromatic carbocycles. The first-order chi connectivity index (χ1) is 7.25. The maximum Gasteiger partial charge on any atom is 0.128 e. The molecular weight excluding hydrogens is 256 g/mol. The summed E-state index contributed by atoms with van der Waals surface area (Å²) in [5.74, 6) is 1.86. The second-order valence-corrected chi connectivity index (χ2v) is 4.19. The van der Waals surface area contributed by atoms with Crippen molar-refractivity contribution in [3.63, 3.8) is 0 Å². The van der Waals surface area contributed by atoms with Crippen molar-refractivity contribution in [3.05, 3.63) is 47.0 Å². The van der Waals surface area contributed by atoms with Crippen molar-refractivity contribution in [2.75, 3.05) is 11.9 Å². The molecule has 15 heavy (non-hydrogen) atoms. The number of furan rings is 1. The Morgan fingerprint density at radius 3 is 2.87 bits per heavy atom. The van der Waals surface area contributed by atoms with Gasteiger partial charge in [-0.15, -0.1) is 0 Å². The minimum atomic E-state index is 0.724. The van der Waals surface area contributed by atoms with Crippen LogP contribution in [0.1, 0.15) is 5.76 Å². The number of hydrogen-bond donors (Lipinski definition) is 0. The van der Waals surface area contributed by atoms with Gasteiger partial charge in [-0.05, 0) is 40.2 Å². The van der Waals surface area contributed by atoms with Crippen LogP contribution >= 0.6 is 15.9 Å². The zero-order valence-corrected chi connectivity index (χ0v) is 9.94. The Hall–Kier alpha value is -1.29. The van der Waals surface area contributed by atoms with Gasteiger partial charge in [-0.1, -0.05) is 0 Å². The number of halogens is 1. The molecule has 4 heteroatoms. The summed E-state index contributed by atoms with van der Waals surface area (Å²) in [4.78, 5) is 6.33. The van der Waals surface area contributed by atoms with Crippen LogP contribution in [0.5, 0.6) is 0 Å². The van der Waals surface area contributed by atoms with Gasteiger partial charge < -0.3 is 9.32 Å². The fraction of sp³-hybridized carbons (Fsp3) is 0.182. The van der Waals surface area contributed by atoms with E-state index in [0.717, 1.165) is 22.6 Å². The van der Waals surface area contributed by atoms with Crippen molar-refractivity contribution >= 4 is 21.7 Å². The molecule has 0 spiro atoms. The molecule has 0 saturated carbocycles. The van der Waals surface area contributed by atoms with Crippen molar-refractivity contribution in [2.24, 2.45) is 0 Å². The third kappa shape index (κ3) is 2.59. The number of hydrogen-bond acceptors (Lipinski definition) is 3. The van der Waals surface area contributed by atoms with Gasteiger partial charge in [0, 0.05) is 17.7 Å². The second-order valence-electron chi connectivity index (χ2n) is 3.27. The van der Waals surface area contributed by atoms with Crippen molar-refractivity contribution in [1.82, 2.24) is 4.98 Å². The van der Waals surface area contributed by atoms with E-state index in [-0.39, 0.29) is 0 Å². The molecule has 2 rings (SSSR count). The molecule has 0 unspecified atom stereocenters. The Labute approximate surface area is 96.9 Å². The number of rotatable bonds is 3. The van der Waals surface area contributed by atoms with E-state index in [9.17, 15) is 0 Å². The molecule has 0 radical (unpaired) electrons. The first-order valence-electron chi connectivity index (χ1n) is 4.61. The van der Waals surface area contributed by atoms with Gasteiger partial charge in [-0.25, -0.2) is 4.98 Å². The largest absolute Gasteiger partial charge is 0.467 e. The smallest absolute Gasteiger partial charge is 0.128 e. The van der Waals surface area contributed by atoms with Gasteiger partial charge in [-0.2, -0.15) is 0 Å². The molecule has 2 heterocycles. The van der Waals surface area contributed by atoms with Crippen molar-refractivity contribution in [2.45, 2.75) is 6.54 Å². The van der Waals surface area contributed by atoms with E-state index >= 15 is 0 Å². The minimum absolute atomic E-state index is 0.724. The monoisotopic (exact) mass is 266 g/mol. The van der Waals surface area contributed by atoms with E-state index in [0.29, 0.717) is 0 Å². The highest BCUT2D eigenvalue weighted by atomic mass is 79.9. The Balaban J connectivity index is 2.08. The SMILES string of the molecule is CN(Cc1ccco1)c1ccc(Br)cn1. The summed E-state index contributed by atoms with van der Waals surface area (Å²) in [6.45, 7) is 0.724. The van der Waals surface area contributed by atoms with Gasteiger partial charge >= 0.3 is 0 Å². The quantitative estimate of drug-likeness (QED) is 0.855. The summed E-state index contributed by atoms with van der Waals surface area (Å²) >= 11 is 3.36. The van der Waals surface area contributed by atoms with Gasteiger partial charge in [-0.3, -0.25) is 0 Å². The molecular formula is C11H11BrN2O. The van der Waals surface area contributed by atoms with Crippen LogP contribution in [0.2, 0.25) is 0 Å². The normalized spacial score (nSPS) is 10.3. The predicted octanol–water partition coefficient (Wildman–Crippen LogP) is 3.07. The zero-order valence-electron chi connectivity index (χ0n) is 8.35. The van der Waals surface area contributed by atoms with E-state index in [1.807, 2.05) is 36.2 Å². The third-order valence-electron chi connectivity index (χ3n) is 2.08. The van der Waals surface area contributed by atoms with Crippen LogP contribution in [-0.4, -0.2) is 12.0 Å². The lowest BCUT2D eigenvalue weighted by atomic mass is 10.4. The molecule has 0 aliphatic carbocycles. The van der Waals surface area contributed by atoms with E-state index in [2.05, 4.69) is 20.9 Å². The molecule has 0 saturated heterocycles. The molecule has 0 aliphatic heterocycles. The molecule has 2 aromatic rings.